The topological polar surface area (TPSA) is 35.8 Å². The van der Waals surface area contributed by atoms with Gasteiger partial charge in [0, 0.05) is 22.8 Å². The van der Waals surface area contributed by atoms with Crippen LogP contribution < -0.4 is 5.32 Å². The average molecular weight is 300 g/mol. The van der Waals surface area contributed by atoms with Crippen molar-refractivity contribution in [1.29, 1.82) is 5.26 Å². The summed E-state index contributed by atoms with van der Waals surface area (Å²) in [4.78, 5) is 1.29. The van der Waals surface area contributed by atoms with E-state index in [1.165, 1.54) is 43.4 Å². The van der Waals surface area contributed by atoms with Crippen molar-refractivity contribution in [3.8, 4) is 6.07 Å². The van der Waals surface area contributed by atoms with Gasteiger partial charge >= 0.3 is 0 Å². The maximum atomic E-state index is 8.92. The first-order valence-corrected chi connectivity index (χ1v) is 9.26. The van der Waals surface area contributed by atoms with Crippen LogP contribution in [-0.4, -0.2) is 6.04 Å². The molecule has 4 aliphatic rings. The zero-order valence-electron chi connectivity index (χ0n) is 12.8. The highest BCUT2D eigenvalue weighted by molar-refractivity contribution is 7.10. The van der Waals surface area contributed by atoms with Crippen LogP contribution in [-0.2, 0) is 6.54 Å². The van der Waals surface area contributed by atoms with Crippen molar-refractivity contribution in [3.63, 3.8) is 0 Å². The Bertz CT molecular complexity index is 533. The van der Waals surface area contributed by atoms with Crippen LogP contribution in [0, 0.1) is 34.5 Å². The standard InChI is InChI=1S/C18H24N2S/c1-12(20-10-17-5-16(9-19)11-21-17)18-6-13-2-14(7-18)4-15(3-13)8-18/h5,11-15,20H,2-4,6-8,10H2,1H3. The van der Waals surface area contributed by atoms with E-state index in [9.17, 15) is 0 Å². The third-order valence-corrected chi connectivity index (χ3v) is 7.31. The van der Waals surface area contributed by atoms with Gasteiger partial charge in [0.25, 0.3) is 0 Å². The Balaban J connectivity index is 1.43. The molecule has 112 valence electrons. The SMILES string of the molecule is CC(NCc1cc(C#N)cs1)C12CC3CC(CC(C3)C1)C2. The monoisotopic (exact) mass is 300 g/mol. The minimum absolute atomic E-state index is 0.573. The molecule has 1 aromatic heterocycles. The van der Waals surface area contributed by atoms with E-state index in [-0.39, 0.29) is 0 Å². The zero-order valence-corrected chi connectivity index (χ0v) is 13.6. The second kappa shape index (κ2) is 5.11. The lowest BCUT2D eigenvalue weighted by Crippen LogP contribution is -2.54. The highest BCUT2D eigenvalue weighted by Gasteiger charge is 2.52. The number of hydrogen-bond acceptors (Lipinski definition) is 3. The predicted molar refractivity (Wildman–Crippen MR) is 85.9 cm³/mol. The van der Waals surface area contributed by atoms with Gasteiger partial charge in [-0.05, 0) is 74.7 Å². The quantitative estimate of drug-likeness (QED) is 0.899. The van der Waals surface area contributed by atoms with E-state index in [1.54, 1.807) is 11.3 Å². The third-order valence-electron chi connectivity index (χ3n) is 6.37. The van der Waals surface area contributed by atoms with Crippen molar-refractivity contribution in [1.82, 2.24) is 5.32 Å². The minimum Gasteiger partial charge on any atom is -0.309 e. The number of nitrogens with zero attached hydrogens (tertiary/aromatic N) is 1. The molecule has 0 amide bonds. The summed E-state index contributed by atoms with van der Waals surface area (Å²) in [5, 5.41) is 14.7. The zero-order chi connectivity index (χ0) is 14.4. The number of rotatable bonds is 4. The van der Waals surface area contributed by atoms with E-state index in [2.05, 4.69) is 18.3 Å². The Morgan fingerprint density at radius 2 is 1.90 bits per heavy atom. The van der Waals surface area contributed by atoms with Crippen LogP contribution >= 0.6 is 11.3 Å². The van der Waals surface area contributed by atoms with Gasteiger partial charge in [-0.3, -0.25) is 0 Å². The van der Waals surface area contributed by atoms with Crippen LogP contribution in [0.25, 0.3) is 0 Å². The van der Waals surface area contributed by atoms with Gasteiger partial charge in [-0.15, -0.1) is 11.3 Å². The van der Waals surface area contributed by atoms with Crippen molar-refractivity contribution in [2.75, 3.05) is 0 Å². The van der Waals surface area contributed by atoms with E-state index >= 15 is 0 Å². The largest absolute Gasteiger partial charge is 0.309 e. The molecular formula is C18H24N2S. The summed E-state index contributed by atoms with van der Waals surface area (Å²) in [6.07, 6.45) is 8.93. The molecule has 1 aromatic rings. The maximum Gasteiger partial charge on any atom is 0.100 e. The molecule has 4 saturated carbocycles. The fraction of sp³-hybridized carbons (Fsp3) is 0.722. The molecule has 1 atom stereocenters. The Labute approximate surface area is 131 Å². The summed E-state index contributed by atoms with van der Waals surface area (Å²) in [6.45, 7) is 3.33. The second-order valence-electron chi connectivity index (χ2n) is 7.80. The maximum absolute atomic E-state index is 8.92. The van der Waals surface area contributed by atoms with E-state index < -0.39 is 0 Å². The number of hydrogen-bond donors (Lipinski definition) is 1. The van der Waals surface area contributed by atoms with E-state index in [0.717, 1.165) is 29.9 Å². The Morgan fingerprint density at radius 3 is 2.43 bits per heavy atom. The molecule has 0 radical (unpaired) electrons. The molecule has 4 aliphatic carbocycles. The van der Waals surface area contributed by atoms with Gasteiger partial charge < -0.3 is 5.32 Å². The molecular weight excluding hydrogens is 276 g/mol. The molecule has 1 N–H and O–H groups in total. The molecule has 3 heteroatoms. The van der Waals surface area contributed by atoms with E-state index in [0.29, 0.717) is 11.5 Å². The van der Waals surface area contributed by atoms with Crippen LogP contribution in [0.5, 0.6) is 0 Å². The normalized spacial score (nSPS) is 38.4. The van der Waals surface area contributed by atoms with Crippen LogP contribution in [0.1, 0.15) is 55.9 Å². The van der Waals surface area contributed by atoms with Gasteiger partial charge in [-0.1, -0.05) is 0 Å². The van der Waals surface area contributed by atoms with Crippen molar-refractivity contribution < 1.29 is 0 Å². The lowest BCUT2D eigenvalue weighted by Gasteiger charge is -2.59. The molecule has 0 spiro atoms. The lowest BCUT2D eigenvalue weighted by molar-refractivity contribution is -0.0706. The van der Waals surface area contributed by atoms with E-state index in [4.69, 9.17) is 5.26 Å². The molecule has 2 nitrogen and oxygen atoms in total. The Hall–Kier alpha value is -0.850. The van der Waals surface area contributed by atoms with Gasteiger partial charge in [0.1, 0.15) is 6.07 Å². The highest BCUT2D eigenvalue weighted by Crippen LogP contribution is 2.61. The summed E-state index contributed by atoms with van der Waals surface area (Å²) in [6, 6.07) is 4.87. The molecule has 5 rings (SSSR count). The van der Waals surface area contributed by atoms with Gasteiger partial charge in [0.2, 0.25) is 0 Å². The van der Waals surface area contributed by atoms with Gasteiger partial charge in [-0.2, -0.15) is 5.26 Å². The van der Waals surface area contributed by atoms with Crippen LogP contribution in [0.2, 0.25) is 0 Å². The fourth-order valence-corrected chi connectivity index (χ4v) is 6.47. The molecule has 0 aromatic carbocycles. The summed E-state index contributed by atoms with van der Waals surface area (Å²) >= 11 is 1.71. The van der Waals surface area contributed by atoms with Gasteiger partial charge in [-0.25, -0.2) is 0 Å². The average Bonchev–Trinajstić information content (AvgIpc) is 2.91. The Kier molecular flexibility index (Phi) is 3.35. The highest BCUT2D eigenvalue weighted by atomic mass is 32.1. The number of thiophene rings is 1. The van der Waals surface area contributed by atoms with Crippen molar-refractivity contribution in [2.24, 2.45) is 23.2 Å². The molecule has 1 unspecified atom stereocenters. The fourth-order valence-electron chi connectivity index (χ4n) is 5.71. The molecule has 0 aliphatic heterocycles. The molecule has 4 bridgehead atoms. The van der Waals surface area contributed by atoms with Crippen LogP contribution in [0.4, 0.5) is 0 Å². The summed E-state index contributed by atoms with van der Waals surface area (Å²) in [5.41, 5.74) is 1.38. The first kappa shape index (κ1) is 13.8. The van der Waals surface area contributed by atoms with Crippen molar-refractivity contribution >= 4 is 11.3 Å². The summed E-state index contributed by atoms with van der Waals surface area (Å²) < 4.78 is 0. The molecule has 1 heterocycles. The first-order chi connectivity index (χ1) is 10.2. The summed E-state index contributed by atoms with van der Waals surface area (Å²) in [7, 11) is 0. The molecule has 21 heavy (non-hydrogen) atoms. The summed E-state index contributed by atoms with van der Waals surface area (Å²) in [5.74, 6) is 3.06. The Morgan fingerprint density at radius 1 is 1.29 bits per heavy atom. The van der Waals surface area contributed by atoms with Gasteiger partial charge in [0.15, 0.2) is 0 Å². The predicted octanol–water partition coefficient (Wildman–Crippen LogP) is 4.31. The lowest BCUT2D eigenvalue weighted by atomic mass is 9.48. The number of nitrogens with one attached hydrogen (secondary N) is 1. The van der Waals surface area contributed by atoms with E-state index in [1.807, 2.05) is 11.4 Å². The van der Waals surface area contributed by atoms with Gasteiger partial charge in [0.05, 0.1) is 5.56 Å². The van der Waals surface area contributed by atoms with Crippen LogP contribution in [0.3, 0.4) is 0 Å². The van der Waals surface area contributed by atoms with Crippen molar-refractivity contribution in [3.05, 3.63) is 21.9 Å². The third kappa shape index (κ3) is 2.43. The number of nitriles is 1. The smallest absolute Gasteiger partial charge is 0.100 e. The minimum atomic E-state index is 0.573. The molecule has 0 saturated heterocycles. The molecule has 4 fully saturated rings. The van der Waals surface area contributed by atoms with Crippen molar-refractivity contribution in [2.45, 2.75) is 58.0 Å². The first-order valence-electron chi connectivity index (χ1n) is 8.38. The second-order valence-corrected chi connectivity index (χ2v) is 8.79. The van der Waals surface area contributed by atoms with Crippen LogP contribution in [0.15, 0.2) is 11.4 Å².